The van der Waals surface area contributed by atoms with Crippen molar-refractivity contribution in [2.45, 2.75) is 25.7 Å². The van der Waals surface area contributed by atoms with Crippen molar-refractivity contribution in [3.63, 3.8) is 0 Å². The summed E-state index contributed by atoms with van der Waals surface area (Å²) in [5.41, 5.74) is 5.85. The van der Waals surface area contributed by atoms with Crippen LogP contribution in [0.2, 0.25) is 0 Å². The molecule has 0 aliphatic carbocycles. The number of ether oxygens (including phenoxy) is 2. The Labute approximate surface area is 214 Å². The molecule has 0 radical (unpaired) electrons. The van der Waals surface area contributed by atoms with Gasteiger partial charge in [0, 0.05) is 18.3 Å². The van der Waals surface area contributed by atoms with Gasteiger partial charge in [0.15, 0.2) is 0 Å². The van der Waals surface area contributed by atoms with Crippen molar-refractivity contribution in [1.29, 1.82) is 0 Å². The summed E-state index contributed by atoms with van der Waals surface area (Å²) in [5, 5.41) is 6.63. The first-order valence-electron chi connectivity index (χ1n) is 11.7. The van der Waals surface area contributed by atoms with E-state index in [0.717, 1.165) is 22.4 Å². The number of carbonyl (C=O) groups excluding carboxylic acids is 2. The Morgan fingerprint density at radius 3 is 2.24 bits per heavy atom. The van der Waals surface area contributed by atoms with E-state index in [2.05, 4.69) is 25.8 Å². The van der Waals surface area contributed by atoms with Crippen LogP contribution in [-0.4, -0.2) is 34.2 Å². The van der Waals surface area contributed by atoms with E-state index in [1.807, 2.05) is 84.9 Å². The van der Waals surface area contributed by atoms with Crippen molar-refractivity contribution < 1.29 is 19.1 Å². The van der Waals surface area contributed by atoms with E-state index in [1.165, 1.54) is 12.5 Å². The molecule has 3 aromatic carbocycles. The Morgan fingerprint density at radius 1 is 0.919 bits per heavy atom. The van der Waals surface area contributed by atoms with Gasteiger partial charge in [-0.05, 0) is 41.0 Å². The van der Waals surface area contributed by atoms with Gasteiger partial charge in [0.2, 0.25) is 0 Å². The van der Waals surface area contributed by atoms with Crippen LogP contribution in [0.3, 0.4) is 0 Å². The molecule has 188 valence electrons. The zero-order valence-corrected chi connectivity index (χ0v) is 20.0. The molecule has 9 nitrogen and oxygen atoms in total. The number of amides is 2. The highest BCUT2D eigenvalue weighted by Crippen LogP contribution is 2.13. The second-order valence-corrected chi connectivity index (χ2v) is 8.12. The minimum atomic E-state index is -0.922. The molecule has 4 rings (SSSR count). The predicted molar refractivity (Wildman–Crippen MR) is 139 cm³/mol. The topological polar surface area (TPSA) is 118 Å². The number of carbonyl (C=O) groups is 2. The highest BCUT2D eigenvalue weighted by Gasteiger charge is 2.22. The fourth-order valence-corrected chi connectivity index (χ4v) is 3.37. The van der Waals surface area contributed by atoms with Gasteiger partial charge >= 0.3 is 6.09 Å². The Balaban J connectivity index is 1.29. The van der Waals surface area contributed by atoms with Gasteiger partial charge in [-0.15, -0.1) is 0 Å². The van der Waals surface area contributed by atoms with Crippen molar-refractivity contribution in [2.75, 3.05) is 0 Å². The van der Waals surface area contributed by atoms with Crippen molar-refractivity contribution in [1.82, 2.24) is 20.7 Å². The minimum Gasteiger partial charge on any atom is -0.489 e. The summed E-state index contributed by atoms with van der Waals surface area (Å²) in [5.74, 6) is 0.230. The van der Waals surface area contributed by atoms with Crippen LogP contribution in [0.15, 0.2) is 103 Å². The normalized spacial score (nSPS) is 11.6. The summed E-state index contributed by atoms with van der Waals surface area (Å²) >= 11 is 0. The van der Waals surface area contributed by atoms with E-state index in [1.54, 1.807) is 6.20 Å². The molecule has 1 heterocycles. The maximum absolute atomic E-state index is 12.8. The van der Waals surface area contributed by atoms with E-state index in [4.69, 9.17) is 9.47 Å². The first kappa shape index (κ1) is 25.2. The molecule has 0 fully saturated rings. The Kier molecular flexibility index (Phi) is 9.01. The van der Waals surface area contributed by atoms with Crippen molar-refractivity contribution in [3.8, 4) is 5.75 Å². The fourth-order valence-electron chi connectivity index (χ4n) is 3.37. The van der Waals surface area contributed by atoms with E-state index in [9.17, 15) is 9.59 Å². The lowest BCUT2D eigenvalue weighted by atomic mass is 10.1. The first-order chi connectivity index (χ1) is 18.2. The molecular weight excluding hydrogens is 470 g/mol. The molecule has 0 bridgehead atoms. The summed E-state index contributed by atoms with van der Waals surface area (Å²) in [6.45, 7) is 0.567. The highest BCUT2D eigenvalue weighted by atomic mass is 16.5. The zero-order chi connectivity index (χ0) is 25.7. The van der Waals surface area contributed by atoms with Gasteiger partial charge in [-0.25, -0.2) is 15.2 Å². The lowest BCUT2D eigenvalue weighted by Gasteiger charge is -2.16. The number of rotatable bonds is 11. The molecular formula is C28H27N5O4. The van der Waals surface area contributed by atoms with Crippen LogP contribution in [0, 0.1) is 0 Å². The number of benzene rings is 3. The fraction of sp³-hybridized carbons (Fsp3) is 0.143. The highest BCUT2D eigenvalue weighted by molar-refractivity contribution is 5.87. The number of aromatic nitrogens is 2. The van der Waals surface area contributed by atoms with E-state index < -0.39 is 18.0 Å². The maximum Gasteiger partial charge on any atom is 0.408 e. The summed E-state index contributed by atoms with van der Waals surface area (Å²) < 4.78 is 11.0. The summed E-state index contributed by atoms with van der Waals surface area (Å²) in [6.07, 6.45) is 4.08. The summed E-state index contributed by atoms with van der Waals surface area (Å²) in [4.78, 5) is 32.0. The second-order valence-electron chi connectivity index (χ2n) is 8.12. The number of nitrogens with one attached hydrogen (secondary N) is 3. The Bertz CT molecular complexity index is 1280. The van der Waals surface area contributed by atoms with Gasteiger partial charge in [0.05, 0.1) is 12.5 Å². The number of alkyl carbamates (subject to hydrolysis) is 1. The van der Waals surface area contributed by atoms with Crippen molar-refractivity contribution in [2.24, 2.45) is 5.10 Å². The quantitative estimate of drug-likeness (QED) is 0.214. The molecule has 0 saturated carbocycles. The maximum atomic E-state index is 12.8. The molecule has 0 aliphatic heterocycles. The Hall–Kier alpha value is -4.92. The number of hydrazone groups is 1. The van der Waals surface area contributed by atoms with Gasteiger partial charge < -0.3 is 19.8 Å². The third kappa shape index (κ3) is 8.36. The van der Waals surface area contributed by atoms with Gasteiger partial charge in [-0.3, -0.25) is 4.79 Å². The van der Waals surface area contributed by atoms with E-state index >= 15 is 0 Å². The Morgan fingerprint density at radius 2 is 1.59 bits per heavy atom. The summed E-state index contributed by atoms with van der Waals surface area (Å²) in [7, 11) is 0. The van der Waals surface area contributed by atoms with Crippen LogP contribution in [0.25, 0.3) is 0 Å². The third-order valence-electron chi connectivity index (χ3n) is 5.32. The molecule has 3 N–H and O–H groups in total. The van der Waals surface area contributed by atoms with Crippen LogP contribution >= 0.6 is 0 Å². The number of imidazole rings is 1. The standard InChI is InChI=1S/C28H27N5O4/c34-27(33-31-16-21-11-13-25(14-12-21)36-18-22-7-3-1-4-8-22)26(15-24-17-29-20-30-24)32-28(35)37-19-23-9-5-2-6-10-23/h1-14,16-17,20,26H,15,18-19H2,(H,29,30)(H,32,35)(H,33,34)/b31-16-/t26-/m0/s1. The molecule has 9 heteroatoms. The van der Waals surface area contributed by atoms with Crippen LogP contribution in [0.4, 0.5) is 4.79 Å². The zero-order valence-electron chi connectivity index (χ0n) is 20.0. The lowest BCUT2D eigenvalue weighted by molar-refractivity contribution is -0.123. The van der Waals surface area contributed by atoms with Crippen LogP contribution in [0.5, 0.6) is 5.75 Å². The number of aromatic amines is 1. The lowest BCUT2D eigenvalue weighted by Crippen LogP contribution is -2.47. The summed E-state index contributed by atoms with van der Waals surface area (Å²) in [6, 6.07) is 25.6. The monoisotopic (exact) mass is 497 g/mol. The molecule has 37 heavy (non-hydrogen) atoms. The van der Waals surface area contributed by atoms with Crippen molar-refractivity contribution in [3.05, 3.63) is 120 Å². The SMILES string of the molecule is O=C(N[C@@H](Cc1cnc[nH]1)C(=O)N/N=C\c1ccc(OCc2ccccc2)cc1)OCc1ccccc1. The van der Waals surface area contributed by atoms with Crippen LogP contribution in [-0.2, 0) is 29.2 Å². The van der Waals surface area contributed by atoms with E-state index in [0.29, 0.717) is 12.3 Å². The largest absolute Gasteiger partial charge is 0.489 e. The number of nitrogens with zero attached hydrogens (tertiary/aromatic N) is 2. The van der Waals surface area contributed by atoms with Crippen LogP contribution < -0.4 is 15.5 Å². The average molecular weight is 498 g/mol. The van der Waals surface area contributed by atoms with Gasteiger partial charge in [-0.1, -0.05) is 60.7 Å². The second kappa shape index (κ2) is 13.2. The molecule has 1 atom stereocenters. The minimum absolute atomic E-state index is 0.0915. The number of hydrogen-bond acceptors (Lipinski definition) is 6. The first-order valence-corrected chi connectivity index (χ1v) is 11.7. The number of hydrogen-bond donors (Lipinski definition) is 3. The average Bonchev–Trinajstić information content (AvgIpc) is 3.45. The molecule has 0 saturated heterocycles. The van der Waals surface area contributed by atoms with Gasteiger partial charge in [0.1, 0.15) is 25.0 Å². The van der Waals surface area contributed by atoms with Gasteiger partial charge in [-0.2, -0.15) is 5.10 Å². The molecule has 0 aliphatic rings. The molecule has 4 aromatic rings. The molecule has 1 aromatic heterocycles. The molecule has 2 amide bonds. The van der Waals surface area contributed by atoms with E-state index in [-0.39, 0.29) is 13.0 Å². The smallest absolute Gasteiger partial charge is 0.408 e. The predicted octanol–water partition coefficient (Wildman–Crippen LogP) is 3.98. The number of H-pyrrole nitrogens is 1. The third-order valence-corrected chi connectivity index (χ3v) is 5.32. The van der Waals surface area contributed by atoms with Crippen LogP contribution in [0.1, 0.15) is 22.4 Å². The van der Waals surface area contributed by atoms with Crippen molar-refractivity contribution >= 4 is 18.2 Å². The molecule has 0 unspecified atom stereocenters. The molecule has 0 spiro atoms. The van der Waals surface area contributed by atoms with Gasteiger partial charge in [0.25, 0.3) is 5.91 Å².